The van der Waals surface area contributed by atoms with Crippen LogP contribution in [0.4, 0.5) is 36.3 Å². The summed E-state index contributed by atoms with van der Waals surface area (Å²) in [5.41, 5.74) is -1.52. The molecule has 0 fully saturated rings. The molecule has 152 valence electrons. The van der Waals surface area contributed by atoms with Crippen molar-refractivity contribution in [3.63, 3.8) is 0 Å². The number of halogens is 4. The Morgan fingerprint density at radius 3 is 2.59 bits per heavy atom. The second-order valence-electron chi connectivity index (χ2n) is 5.61. The Bertz CT molecular complexity index is 1020. The van der Waals surface area contributed by atoms with E-state index in [1.807, 2.05) is 17.5 Å². The minimum absolute atomic E-state index is 0.0351. The minimum Gasteiger partial charge on any atom is -0.364 e. The van der Waals surface area contributed by atoms with Gasteiger partial charge in [0.1, 0.15) is 6.33 Å². The van der Waals surface area contributed by atoms with E-state index in [4.69, 9.17) is 11.6 Å². The van der Waals surface area contributed by atoms with Crippen molar-refractivity contribution in [3.05, 3.63) is 61.7 Å². The second kappa shape index (κ2) is 8.57. The molecule has 29 heavy (non-hydrogen) atoms. The fourth-order valence-electron chi connectivity index (χ4n) is 2.33. The van der Waals surface area contributed by atoms with E-state index in [9.17, 15) is 23.3 Å². The Hall–Kier alpha value is -2.99. The van der Waals surface area contributed by atoms with Gasteiger partial charge in [0.25, 0.3) is 0 Å². The third-order valence-electron chi connectivity index (χ3n) is 3.65. The van der Waals surface area contributed by atoms with Gasteiger partial charge in [0.05, 0.1) is 15.5 Å². The predicted octanol–water partition coefficient (Wildman–Crippen LogP) is 4.91. The summed E-state index contributed by atoms with van der Waals surface area (Å²) >= 11 is 7.40. The monoisotopic (exact) mass is 444 g/mol. The second-order valence-corrected chi connectivity index (χ2v) is 7.05. The maximum absolute atomic E-state index is 12.7. The zero-order valence-corrected chi connectivity index (χ0v) is 16.0. The summed E-state index contributed by atoms with van der Waals surface area (Å²) < 4.78 is 38.2. The Labute approximate surface area is 170 Å². The number of aromatic nitrogens is 3. The van der Waals surface area contributed by atoms with Gasteiger partial charge in [0.2, 0.25) is 11.6 Å². The van der Waals surface area contributed by atoms with Gasteiger partial charge in [-0.2, -0.15) is 13.2 Å². The number of alkyl halides is 3. The molecule has 0 aliphatic carbocycles. The van der Waals surface area contributed by atoms with Crippen LogP contribution in [-0.2, 0) is 12.6 Å². The van der Waals surface area contributed by atoms with E-state index in [0.29, 0.717) is 25.2 Å². The SMILES string of the molecule is O=[N+]([O-])c1c(NCCc2cccs2)ncnc1Nc1ncc(C(F)(F)F)cc1Cl. The van der Waals surface area contributed by atoms with E-state index in [1.165, 1.54) is 0 Å². The lowest BCUT2D eigenvalue weighted by Crippen LogP contribution is -2.11. The molecular weight excluding hydrogens is 433 g/mol. The van der Waals surface area contributed by atoms with E-state index in [0.717, 1.165) is 11.2 Å². The molecule has 0 aliphatic rings. The number of thiophene rings is 1. The minimum atomic E-state index is -4.62. The molecule has 0 saturated carbocycles. The van der Waals surface area contributed by atoms with Gasteiger partial charge in [-0.05, 0) is 23.9 Å². The number of hydrogen-bond donors (Lipinski definition) is 2. The van der Waals surface area contributed by atoms with Crippen LogP contribution >= 0.6 is 22.9 Å². The molecule has 0 aromatic carbocycles. The highest BCUT2D eigenvalue weighted by atomic mass is 35.5. The Kier molecular flexibility index (Phi) is 6.13. The quantitative estimate of drug-likeness (QED) is 0.394. The van der Waals surface area contributed by atoms with E-state index in [2.05, 4.69) is 25.6 Å². The van der Waals surface area contributed by atoms with Gasteiger partial charge in [-0.1, -0.05) is 17.7 Å². The first-order chi connectivity index (χ1) is 13.8. The van der Waals surface area contributed by atoms with Gasteiger partial charge >= 0.3 is 11.9 Å². The van der Waals surface area contributed by atoms with E-state index in [1.54, 1.807) is 11.3 Å². The number of hydrogen-bond acceptors (Lipinski definition) is 8. The fourth-order valence-corrected chi connectivity index (χ4v) is 3.25. The highest BCUT2D eigenvalue weighted by Crippen LogP contribution is 2.35. The molecule has 0 saturated heterocycles. The van der Waals surface area contributed by atoms with Gasteiger partial charge < -0.3 is 10.6 Å². The molecule has 3 heterocycles. The van der Waals surface area contributed by atoms with Crippen molar-refractivity contribution in [3.8, 4) is 0 Å². The highest BCUT2D eigenvalue weighted by Gasteiger charge is 2.32. The molecule has 3 aromatic rings. The summed E-state index contributed by atoms with van der Waals surface area (Å²) in [5, 5.41) is 18.5. The number of nitrogens with zero attached hydrogens (tertiary/aromatic N) is 4. The van der Waals surface area contributed by atoms with Crippen LogP contribution in [0.15, 0.2) is 36.1 Å². The maximum Gasteiger partial charge on any atom is 0.417 e. The topological polar surface area (TPSA) is 106 Å². The van der Waals surface area contributed by atoms with Crippen molar-refractivity contribution < 1.29 is 18.1 Å². The predicted molar refractivity (Wildman–Crippen MR) is 103 cm³/mol. The lowest BCUT2D eigenvalue weighted by Gasteiger charge is -2.12. The fraction of sp³-hybridized carbons (Fsp3) is 0.188. The summed E-state index contributed by atoms with van der Waals surface area (Å²) in [5.74, 6) is -0.490. The smallest absolute Gasteiger partial charge is 0.364 e. The Morgan fingerprint density at radius 2 is 1.97 bits per heavy atom. The third kappa shape index (κ3) is 5.09. The molecule has 0 amide bonds. The van der Waals surface area contributed by atoms with Crippen LogP contribution in [0.1, 0.15) is 10.4 Å². The molecule has 13 heteroatoms. The largest absolute Gasteiger partial charge is 0.417 e. The van der Waals surface area contributed by atoms with Crippen LogP contribution in [0.2, 0.25) is 5.02 Å². The van der Waals surface area contributed by atoms with Gasteiger partial charge in [-0.3, -0.25) is 10.1 Å². The van der Waals surface area contributed by atoms with E-state index in [-0.39, 0.29) is 22.5 Å². The average Bonchev–Trinajstić information content (AvgIpc) is 3.16. The third-order valence-corrected chi connectivity index (χ3v) is 4.88. The Balaban J connectivity index is 1.83. The molecule has 0 spiro atoms. The normalized spacial score (nSPS) is 11.3. The van der Waals surface area contributed by atoms with Crippen molar-refractivity contribution in [1.29, 1.82) is 0 Å². The highest BCUT2D eigenvalue weighted by molar-refractivity contribution is 7.09. The van der Waals surface area contributed by atoms with Crippen LogP contribution in [0.25, 0.3) is 0 Å². The first-order valence-electron chi connectivity index (χ1n) is 8.01. The molecule has 0 radical (unpaired) electrons. The van der Waals surface area contributed by atoms with Crippen molar-refractivity contribution in [2.75, 3.05) is 17.2 Å². The first-order valence-corrected chi connectivity index (χ1v) is 9.27. The van der Waals surface area contributed by atoms with Gasteiger partial charge in [-0.15, -0.1) is 11.3 Å². The lowest BCUT2D eigenvalue weighted by atomic mass is 10.2. The van der Waals surface area contributed by atoms with Crippen molar-refractivity contribution in [2.45, 2.75) is 12.6 Å². The molecule has 0 atom stereocenters. The van der Waals surface area contributed by atoms with Crippen LogP contribution in [0.5, 0.6) is 0 Å². The van der Waals surface area contributed by atoms with Gasteiger partial charge in [-0.25, -0.2) is 15.0 Å². The summed E-state index contributed by atoms with van der Waals surface area (Å²) in [6, 6.07) is 4.51. The van der Waals surface area contributed by atoms with E-state index < -0.39 is 22.4 Å². The molecule has 0 bridgehead atoms. The standard InChI is InChI=1S/C16H12ClF3N6O2S/c17-11-6-9(16(18,19)20)7-22-13(11)25-15-12(26(27)28)14(23-8-24-15)21-4-3-10-2-1-5-29-10/h1-2,5-8H,3-4H2,(H2,21,22,23,24,25). The summed E-state index contributed by atoms with van der Waals surface area (Å²) in [6.07, 6.45) is -2.33. The van der Waals surface area contributed by atoms with Gasteiger partial charge in [0, 0.05) is 17.6 Å². The number of nitrogens with one attached hydrogen (secondary N) is 2. The number of anilines is 3. The van der Waals surface area contributed by atoms with Crippen molar-refractivity contribution in [2.24, 2.45) is 0 Å². The zero-order chi connectivity index (χ0) is 21.0. The first kappa shape index (κ1) is 20.7. The molecule has 3 rings (SSSR count). The zero-order valence-electron chi connectivity index (χ0n) is 14.4. The van der Waals surface area contributed by atoms with Crippen LogP contribution in [-0.4, -0.2) is 26.4 Å². The number of rotatable bonds is 7. The summed E-state index contributed by atoms with van der Waals surface area (Å²) in [6.45, 7) is 0.386. The number of nitro groups is 1. The van der Waals surface area contributed by atoms with Crippen molar-refractivity contribution >= 4 is 46.1 Å². The van der Waals surface area contributed by atoms with Crippen LogP contribution in [0.3, 0.4) is 0 Å². The van der Waals surface area contributed by atoms with Crippen LogP contribution < -0.4 is 10.6 Å². The molecule has 3 aromatic heterocycles. The number of pyridine rings is 1. The molecule has 0 aliphatic heterocycles. The lowest BCUT2D eigenvalue weighted by molar-refractivity contribution is -0.383. The molecule has 0 unspecified atom stereocenters. The van der Waals surface area contributed by atoms with Crippen molar-refractivity contribution in [1.82, 2.24) is 15.0 Å². The van der Waals surface area contributed by atoms with Gasteiger partial charge in [0.15, 0.2) is 5.82 Å². The molecule has 8 nitrogen and oxygen atoms in total. The summed E-state index contributed by atoms with van der Waals surface area (Å²) in [7, 11) is 0. The van der Waals surface area contributed by atoms with Crippen LogP contribution in [0, 0.1) is 10.1 Å². The average molecular weight is 445 g/mol. The maximum atomic E-state index is 12.7. The Morgan fingerprint density at radius 1 is 1.21 bits per heavy atom. The van der Waals surface area contributed by atoms with E-state index >= 15 is 0 Å². The summed E-state index contributed by atoms with van der Waals surface area (Å²) in [4.78, 5) is 23.2. The molecule has 2 N–H and O–H groups in total. The molecular formula is C16H12ClF3N6O2S.